The highest BCUT2D eigenvalue weighted by Crippen LogP contribution is 2.25. The van der Waals surface area contributed by atoms with Crippen molar-refractivity contribution >= 4 is 28.9 Å². The van der Waals surface area contributed by atoms with E-state index in [0.29, 0.717) is 17.2 Å². The number of phenolic OH excluding ortho intramolecular Hbond substituents is 1. The van der Waals surface area contributed by atoms with Crippen molar-refractivity contribution in [2.45, 2.75) is 0 Å². The minimum Gasteiger partial charge on any atom is -0.506 e. The number of benzene rings is 2. The van der Waals surface area contributed by atoms with Gasteiger partial charge in [0.1, 0.15) is 17.4 Å². The highest BCUT2D eigenvalue weighted by molar-refractivity contribution is 6.02. The first-order valence-electron chi connectivity index (χ1n) is 7.18. The molecule has 0 atom stereocenters. The largest absolute Gasteiger partial charge is 0.506 e. The van der Waals surface area contributed by atoms with Crippen molar-refractivity contribution in [1.82, 2.24) is 9.97 Å². The van der Waals surface area contributed by atoms with E-state index in [4.69, 9.17) is 5.73 Å². The van der Waals surface area contributed by atoms with Gasteiger partial charge >= 0.3 is 0 Å². The molecule has 0 bridgehead atoms. The number of nitrogens with one attached hydrogen (secondary N) is 2. The Kier molecular flexibility index (Phi) is 4.24. The zero-order valence-electron chi connectivity index (χ0n) is 12.6. The van der Waals surface area contributed by atoms with Gasteiger partial charge in [-0.1, -0.05) is 30.3 Å². The molecule has 0 saturated heterocycles. The topological polar surface area (TPSA) is 113 Å². The number of nitrogen functional groups attached to an aromatic ring is 1. The zero-order chi connectivity index (χ0) is 16.9. The highest BCUT2D eigenvalue weighted by atomic mass is 16.3. The minimum atomic E-state index is -0.478. The van der Waals surface area contributed by atoms with Gasteiger partial charge in [-0.25, -0.2) is 9.97 Å². The molecule has 2 aromatic carbocycles. The first-order valence-corrected chi connectivity index (χ1v) is 7.18. The van der Waals surface area contributed by atoms with Gasteiger partial charge in [0.05, 0.1) is 5.69 Å². The number of rotatable bonds is 4. The van der Waals surface area contributed by atoms with Crippen molar-refractivity contribution in [1.29, 1.82) is 0 Å². The molecule has 3 aromatic rings. The lowest BCUT2D eigenvalue weighted by Gasteiger charge is -2.10. The van der Waals surface area contributed by atoms with Gasteiger partial charge in [0.15, 0.2) is 0 Å². The summed E-state index contributed by atoms with van der Waals surface area (Å²) in [6.45, 7) is 0. The van der Waals surface area contributed by atoms with Crippen LogP contribution in [0.5, 0.6) is 5.75 Å². The number of nitrogens with zero attached hydrogens (tertiary/aromatic N) is 2. The molecule has 120 valence electrons. The van der Waals surface area contributed by atoms with Crippen LogP contribution in [0.4, 0.5) is 23.0 Å². The van der Waals surface area contributed by atoms with Gasteiger partial charge in [-0.05, 0) is 24.3 Å². The van der Waals surface area contributed by atoms with Crippen molar-refractivity contribution in [3.8, 4) is 5.75 Å². The van der Waals surface area contributed by atoms with E-state index in [-0.39, 0.29) is 17.4 Å². The summed E-state index contributed by atoms with van der Waals surface area (Å²) in [4.78, 5) is 20.4. The Morgan fingerprint density at radius 2 is 1.71 bits per heavy atom. The van der Waals surface area contributed by atoms with Crippen LogP contribution in [-0.4, -0.2) is 21.0 Å². The van der Waals surface area contributed by atoms with E-state index in [1.807, 2.05) is 6.07 Å². The molecule has 7 heteroatoms. The van der Waals surface area contributed by atoms with Crippen molar-refractivity contribution in [3.63, 3.8) is 0 Å². The number of nitrogens with two attached hydrogens (primary N) is 1. The van der Waals surface area contributed by atoms with E-state index in [9.17, 15) is 9.90 Å². The van der Waals surface area contributed by atoms with E-state index in [0.717, 1.165) is 0 Å². The molecule has 0 fully saturated rings. The summed E-state index contributed by atoms with van der Waals surface area (Å²) in [5.74, 6) is -0.0427. The molecule has 3 rings (SSSR count). The number of hydrogen-bond donors (Lipinski definition) is 4. The van der Waals surface area contributed by atoms with Crippen LogP contribution in [0.25, 0.3) is 0 Å². The third-order valence-corrected chi connectivity index (χ3v) is 3.15. The molecule has 0 unspecified atom stereocenters. The van der Waals surface area contributed by atoms with Gasteiger partial charge in [0.2, 0.25) is 5.82 Å². The normalized spacial score (nSPS) is 10.2. The summed E-state index contributed by atoms with van der Waals surface area (Å²) in [7, 11) is 0. The molecule has 0 aliphatic rings. The van der Waals surface area contributed by atoms with Gasteiger partial charge < -0.3 is 21.5 Å². The van der Waals surface area contributed by atoms with Gasteiger partial charge in [-0.2, -0.15) is 0 Å². The summed E-state index contributed by atoms with van der Waals surface area (Å²) in [6.07, 6.45) is 0. The quantitative estimate of drug-likeness (QED) is 0.550. The standard InChI is InChI=1S/C17H15N5O2/c18-14-10-15(20-12-8-4-5-9-13(12)23)22-16(21-14)17(24)19-11-6-2-1-3-7-11/h1-10,23H,(H,19,24)(H3,18,20,21,22). The van der Waals surface area contributed by atoms with Crippen LogP contribution in [0.1, 0.15) is 10.6 Å². The summed E-state index contributed by atoms with van der Waals surface area (Å²) in [5.41, 5.74) is 6.83. The van der Waals surface area contributed by atoms with Crippen LogP contribution in [0.3, 0.4) is 0 Å². The minimum absolute atomic E-state index is 0.0602. The smallest absolute Gasteiger partial charge is 0.293 e. The van der Waals surface area contributed by atoms with Crippen LogP contribution in [0.2, 0.25) is 0 Å². The lowest BCUT2D eigenvalue weighted by atomic mass is 10.3. The molecule has 5 N–H and O–H groups in total. The molecule has 1 heterocycles. The number of phenols is 1. The lowest BCUT2D eigenvalue weighted by Crippen LogP contribution is -2.17. The Morgan fingerprint density at radius 1 is 1.00 bits per heavy atom. The zero-order valence-corrected chi connectivity index (χ0v) is 12.6. The van der Waals surface area contributed by atoms with Gasteiger partial charge in [0, 0.05) is 11.8 Å². The molecule has 0 spiro atoms. The first kappa shape index (κ1) is 15.3. The molecule has 0 aliphatic heterocycles. The fourth-order valence-electron chi connectivity index (χ4n) is 2.06. The van der Waals surface area contributed by atoms with Crippen LogP contribution < -0.4 is 16.4 Å². The third kappa shape index (κ3) is 3.58. The van der Waals surface area contributed by atoms with E-state index >= 15 is 0 Å². The maximum absolute atomic E-state index is 12.3. The van der Waals surface area contributed by atoms with E-state index in [1.54, 1.807) is 42.5 Å². The number of carbonyl (C=O) groups is 1. The van der Waals surface area contributed by atoms with Crippen molar-refractivity contribution in [2.24, 2.45) is 0 Å². The monoisotopic (exact) mass is 321 g/mol. The number of aromatic hydroxyl groups is 1. The second-order valence-corrected chi connectivity index (χ2v) is 4.96. The van der Waals surface area contributed by atoms with E-state index < -0.39 is 5.91 Å². The Morgan fingerprint density at radius 3 is 2.46 bits per heavy atom. The predicted molar refractivity (Wildman–Crippen MR) is 92.2 cm³/mol. The Bertz CT molecular complexity index is 868. The summed E-state index contributed by atoms with van der Waals surface area (Å²) in [6, 6.07) is 17.1. The maximum atomic E-state index is 12.3. The molecule has 0 radical (unpaired) electrons. The molecule has 1 aromatic heterocycles. The fourth-order valence-corrected chi connectivity index (χ4v) is 2.06. The van der Waals surface area contributed by atoms with Crippen LogP contribution in [0.15, 0.2) is 60.7 Å². The highest BCUT2D eigenvalue weighted by Gasteiger charge is 2.13. The lowest BCUT2D eigenvalue weighted by molar-refractivity contribution is 0.101. The number of aromatic nitrogens is 2. The van der Waals surface area contributed by atoms with Crippen molar-refractivity contribution < 1.29 is 9.90 Å². The van der Waals surface area contributed by atoms with Crippen LogP contribution >= 0.6 is 0 Å². The van der Waals surface area contributed by atoms with Crippen molar-refractivity contribution in [3.05, 3.63) is 66.5 Å². The third-order valence-electron chi connectivity index (χ3n) is 3.15. The van der Waals surface area contributed by atoms with Crippen LogP contribution in [0, 0.1) is 0 Å². The summed E-state index contributed by atoms with van der Waals surface area (Å²) in [5, 5.41) is 15.4. The fraction of sp³-hybridized carbons (Fsp3) is 0. The average molecular weight is 321 g/mol. The molecular formula is C17H15N5O2. The molecule has 24 heavy (non-hydrogen) atoms. The first-order chi connectivity index (χ1) is 11.6. The molecule has 7 nitrogen and oxygen atoms in total. The Hall–Kier alpha value is -3.61. The maximum Gasteiger partial charge on any atom is 0.293 e. The molecule has 1 amide bonds. The number of hydrogen-bond acceptors (Lipinski definition) is 6. The van der Waals surface area contributed by atoms with E-state index in [2.05, 4.69) is 20.6 Å². The van der Waals surface area contributed by atoms with Gasteiger partial charge in [-0.15, -0.1) is 0 Å². The predicted octanol–water partition coefficient (Wildman–Crippen LogP) is 2.76. The second kappa shape index (κ2) is 6.66. The average Bonchev–Trinajstić information content (AvgIpc) is 2.57. The van der Waals surface area contributed by atoms with Gasteiger partial charge in [-0.3, -0.25) is 4.79 Å². The van der Waals surface area contributed by atoms with E-state index in [1.165, 1.54) is 12.1 Å². The summed E-state index contributed by atoms with van der Waals surface area (Å²) >= 11 is 0. The number of carbonyl (C=O) groups excluding carboxylic acids is 1. The second-order valence-electron chi connectivity index (χ2n) is 4.96. The van der Waals surface area contributed by atoms with Gasteiger partial charge in [0.25, 0.3) is 5.91 Å². The number of amides is 1. The van der Waals surface area contributed by atoms with Crippen molar-refractivity contribution in [2.75, 3.05) is 16.4 Å². The molecule has 0 saturated carbocycles. The Labute approximate surface area is 138 Å². The number of anilines is 4. The molecular weight excluding hydrogens is 306 g/mol. The number of para-hydroxylation sites is 3. The summed E-state index contributed by atoms with van der Waals surface area (Å²) < 4.78 is 0. The SMILES string of the molecule is Nc1cc(Nc2ccccc2O)nc(C(=O)Nc2ccccc2)n1. The molecule has 0 aliphatic carbocycles. The van der Waals surface area contributed by atoms with Crippen LogP contribution in [-0.2, 0) is 0 Å². The Balaban J connectivity index is 1.83.